The number of carbonyl (C=O) groups is 3. The van der Waals surface area contributed by atoms with E-state index in [1.165, 1.54) is 12.0 Å². The van der Waals surface area contributed by atoms with Gasteiger partial charge in [0.05, 0.1) is 24.4 Å². The Morgan fingerprint density at radius 2 is 1.79 bits per heavy atom. The molecule has 1 N–H and O–H groups in total. The summed E-state index contributed by atoms with van der Waals surface area (Å²) in [6, 6.07) is 17.0. The van der Waals surface area contributed by atoms with Crippen LogP contribution < -0.4 is 14.4 Å². The Bertz CT molecular complexity index is 1700. The van der Waals surface area contributed by atoms with Crippen molar-refractivity contribution in [3.8, 4) is 11.5 Å². The Balaban J connectivity index is 1.59. The fourth-order valence-electron chi connectivity index (χ4n) is 4.93. The zero-order valence-electron chi connectivity index (χ0n) is 21.0. The molecule has 1 amide bonds. The monoisotopic (exact) mass is 542 g/mol. The van der Waals surface area contributed by atoms with Gasteiger partial charge in [-0.25, -0.2) is 9.78 Å². The molecule has 0 bridgehead atoms. The number of rotatable bonds is 4. The van der Waals surface area contributed by atoms with Crippen LogP contribution in [0.25, 0.3) is 16.5 Å². The number of aliphatic hydroxyl groups is 1. The van der Waals surface area contributed by atoms with E-state index in [1.807, 2.05) is 42.5 Å². The molecule has 1 unspecified atom stereocenters. The van der Waals surface area contributed by atoms with Crippen LogP contribution in [0.5, 0.6) is 11.5 Å². The summed E-state index contributed by atoms with van der Waals surface area (Å²) in [5.41, 5.74) is 1.19. The van der Waals surface area contributed by atoms with Crippen molar-refractivity contribution in [3.05, 3.63) is 87.9 Å². The lowest BCUT2D eigenvalue weighted by Crippen LogP contribution is -2.29. The molecule has 0 saturated carbocycles. The van der Waals surface area contributed by atoms with Crippen LogP contribution in [0.3, 0.4) is 0 Å². The van der Waals surface area contributed by atoms with Gasteiger partial charge in [-0.3, -0.25) is 14.5 Å². The number of benzene rings is 3. The summed E-state index contributed by atoms with van der Waals surface area (Å²) in [5.74, 6) is -1.72. The normalized spacial score (nSPS) is 18.0. The number of thiazole rings is 1. The van der Waals surface area contributed by atoms with Gasteiger partial charge in [-0.05, 0) is 41.5 Å². The van der Waals surface area contributed by atoms with Crippen LogP contribution in [0, 0.1) is 6.92 Å². The standard InChI is InChI=1S/C29H22N2O7S/c1-15-26(28(35)36-2)39-29(30-15)31-23(19-9-5-7-16-6-3-4-8-18(16)19)22(25(33)27(31)34)24(32)17-10-11-20-21(14-17)38-13-12-37-20/h3-11,14,23,32H,12-13H2,1-2H3/b24-22+. The smallest absolute Gasteiger partial charge is 0.350 e. The quantitative estimate of drug-likeness (QED) is 0.169. The van der Waals surface area contributed by atoms with Gasteiger partial charge in [0.1, 0.15) is 23.9 Å². The second-order valence-corrected chi connectivity index (χ2v) is 9.98. The number of methoxy groups -OCH3 is 1. The number of carbonyl (C=O) groups excluding carboxylic acids is 3. The van der Waals surface area contributed by atoms with E-state index in [2.05, 4.69) is 4.98 Å². The maximum atomic E-state index is 13.6. The van der Waals surface area contributed by atoms with Crippen molar-refractivity contribution < 1.29 is 33.7 Å². The molecule has 10 heteroatoms. The average molecular weight is 543 g/mol. The number of hydrogen-bond acceptors (Lipinski definition) is 9. The number of aryl methyl sites for hydroxylation is 1. The lowest BCUT2D eigenvalue weighted by molar-refractivity contribution is -0.132. The van der Waals surface area contributed by atoms with E-state index in [-0.39, 0.29) is 21.3 Å². The number of hydrogen-bond donors (Lipinski definition) is 1. The summed E-state index contributed by atoms with van der Waals surface area (Å²) in [4.78, 5) is 45.5. The third kappa shape index (κ3) is 4.00. The van der Waals surface area contributed by atoms with Crippen molar-refractivity contribution in [2.75, 3.05) is 25.2 Å². The Labute approximate surface area is 226 Å². The van der Waals surface area contributed by atoms with Crippen LogP contribution in [0.1, 0.15) is 32.5 Å². The molecular weight excluding hydrogens is 520 g/mol. The zero-order valence-corrected chi connectivity index (χ0v) is 21.8. The van der Waals surface area contributed by atoms with Crippen molar-refractivity contribution in [1.82, 2.24) is 4.98 Å². The van der Waals surface area contributed by atoms with Gasteiger partial charge in [0.25, 0.3) is 5.78 Å². The first-order valence-corrected chi connectivity index (χ1v) is 12.9. The van der Waals surface area contributed by atoms with Crippen molar-refractivity contribution >= 4 is 50.7 Å². The molecule has 0 aliphatic carbocycles. The number of ether oxygens (including phenoxy) is 3. The summed E-state index contributed by atoms with van der Waals surface area (Å²) in [6.07, 6.45) is 0. The number of nitrogens with zero attached hydrogens (tertiary/aromatic N) is 2. The molecule has 0 radical (unpaired) electrons. The van der Waals surface area contributed by atoms with Gasteiger partial charge in [0, 0.05) is 5.56 Å². The molecular formula is C29H22N2O7S. The van der Waals surface area contributed by atoms with Crippen molar-refractivity contribution in [3.63, 3.8) is 0 Å². The lowest BCUT2D eigenvalue weighted by Gasteiger charge is -2.24. The van der Waals surface area contributed by atoms with E-state index in [0.29, 0.717) is 41.5 Å². The predicted octanol–water partition coefficient (Wildman–Crippen LogP) is 4.79. The second kappa shape index (κ2) is 9.55. The van der Waals surface area contributed by atoms with Gasteiger partial charge in [-0.15, -0.1) is 0 Å². The molecule has 1 saturated heterocycles. The lowest BCUT2D eigenvalue weighted by atomic mass is 9.91. The highest BCUT2D eigenvalue weighted by atomic mass is 32.1. The SMILES string of the molecule is COC(=O)c1sc(N2C(=O)C(=O)/C(=C(/O)c3ccc4c(c3)OCCO4)C2c2cccc3ccccc23)nc1C. The van der Waals surface area contributed by atoms with E-state index in [4.69, 9.17) is 14.2 Å². The Morgan fingerprint density at radius 1 is 1.05 bits per heavy atom. The number of aliphatic hydroxyl groups excluding tert-OH is 1. The van der Waals surface area contributed by atoms with E-state index in [0.717, 1.165) is 22.1 Å². The van der Waals surface area contributed by atoms with Gasteiger partial charge in [0.15, 0.2) is 16.6 Å². The van der Waals surface area contributed by atoms with E-state index < -0.39 is 23.7 Å². The minimum atomic E-state index is -1.01. The summed E-state index contributed by atoms with van der Waals surface area (Å²) in [7, 11) is 1.26. The maximum absolute atomic E-state index is 13.6. The van der Waals surface area contributed by atoms with Gasteiger partial charge in [-0.1, -0.05) is 53.8 Å². The van der Waals surface area contributed by atoms with Crippen molar-refractivity contribution in [2.45, 2.75) is 13.0 Å². The highest BCUT2D eigenvalue weighted by Gasteiger charge is 2.49. The van der Waals surface area contributed by atoms with Crippen LogP contribution in [0.2, 0.25) is 0 Å². The Hall–Kier alpha value is -4.70. The summed E-state index contributed by atoms with van der Waals surface area (Å²) >= 11 is 0.954. The van der Waals surface area contributed by atoms with Crippen LogP contribution in [-0.2, 0) is 14.3 Å². The molecule has 2 aliphatic heterocycles. The molecule has 3 aromatic carbocycles. The largest absolute Gasteiger partial charge is 0.507 e. The number of aromatic nitrogens is 1. The van der Waals surface area contributed by atoms with Gasteiger partial charge in [0.2, 0.25) is 0 Å². The van der Waals surface area contributed by atoms with E-state index >= 15 is 0 Å². The molecule has 196 valence electrons. The van der Waals surface area contributed by atoms with E-state index in [1.54, 1.807) is 25.1 Å². The fraction of sp³-hybridized carbons (Fsp3) is 0.172. The fourth-order valence-corrected chi connectivity index (χ4v) is 5.94. The number of Topliss-reactive ketones (excluding diaryl/α,β-unsaturated/α-hetero) is 1. The molecule has 1 aromatic heterocycles. The number of anilines is 1. The molecule has 39 heavy (non-hydrogen) atoms. The third-order valence-electron chi connectivity index (χ3n) is 6.74. The Kier molecular flexibility index (Phi) is 6.03. The highest BCUT2D eigenvalue weighted by molar-refractivity contribution is 7.17. The van der Waals surface area contributed by atoms with Crippen LogP contribution in [-0.4, -0.2) is 48.1 Å². The minimum Gasteiger partial charge on any atom is -0.507 e. The molecule has 9 nitrogen and oxygen atoms in total. The maximum Gasteiger partial charge on any atom is 0.350 e. The molecule has 1 atom stereocenters. The van der Waals surface area contributed by atoms with Gasteiger partial charge in [-0.2, -0.15) is 0 Å². The number of ketones is 1. The summed E-state index contributed by atoms with van der Waals surface area (Å²) in [6.45, 7) is 2.39. The van der Waals surface area contributed by atoms with Gasteiger partial charge >= 0.3 is 11.9 Å². The first kappa shape index (κ1) is 24.6. The Morgan fingerprint density at radius 3 is 2.59 bits per heavy atom. The second-order valence-electron chi connectivity index (χ2n) is 9.00. The predicted molar refractivity (Wildman–Crippen MR) is 144 cm³/mol. The molecule has 2 aliphatic rings. The molecule has 3 heterocycles. The molecule has 0 spiro atoms. The van der Waals surface area contributed by atoms with Crippen LogP contribution >= 0.6 is 11.3 Å². The molecule has 1 fully saturated rings. The minimum absolute atomic E-state index is 0.0968. The van der Waals surface area contributed by atoms with E-state index in [9.17, 15) is 19.5 Å². The highest BCUT2D eigenvalue weighted by Crippen LogP contribution is 2.46. The summed E-state index contributed by atoms with van der Waals surface area (Å²) in [5, 5.41) is 13.4. The summed E-state index contributed by atoms with van der Waals surface area (Å²) < 4.78 is 16.1. The number of amides is 1. The zero-order chi connectivity index (χ0) is 27.3. The van der Waals surface area contributed by atoms with Crippen molar-refractivity contribution in [1.29, 1.82) is 0 Å². The van der Waals surface area contributed by atoms with Crippen LogP contribution in [0.15, 0.2) is 66.2 Å². The molecule has 4 aromatic rings. The molecule has 6 rings (SSSR count). The average Bonchev–Trinajstić information content (AvgIpc) is 3.47. The first-order valence-electron chi connectivity index (χ1n) is 12.1. The van der Waals surface area contributed by atoms with Crippen molar-refractivity contribution in [2.24, 2.45) is 0 Å². The number of esters is 1. The van der Waals surface area contributed by atoms with Gasteiger partial charge < -0.3 is 19.3 Å². The first-order chi connectivity index (χ1) is 18.9. The van der Waals surface area contributed by atoms with Crippen LogP contribution in [0.4, 0.5) is 5.13 Å². The number of fused-ring (bicyclic) bond motifs is 2. The topological polar surface area (TPSA) is 115 Å². The third-order valence-corrected chi connectivity index (χ3v) is 7.88.